The fraction of sp³-hybridized carbons (Fsp3) is 0.333. The Balaban J connectivity index is 2.19. The minimum Gasteiger partial charge on any atom is -0.383 e. The number of aromatic amines is 1. The Kier molecular flexibility index (Phi) is 3.39. The number of H-pyrrole nitrogens is 1. The van der Waals surface area contributed by atoms with Crippen LogP contribution in [0.1, 0.15) is 17.4 Å². The molecule has 2 rings (SSSR count). The Morgan fingerprint density at radius 3 is 3.06 bits per heavy atom. The zero-order chi connectivity index (χ0) is 12.3. The minimum absolute atomic E-state index is 0.0389. The number of nitrogens with one attached hydrogen (secondary N) is 2. The number of methoxy groups -OCH3 is 1. The first-order valence-corrected chi connectivity index (χ1v) is 5.45. The Morgan fingerprint density at radius 1 is 1.53 bits per heavy atom. The van der Waals surface area contributed by atoms with Crippen molar-refractivity contribution in [2.45, 2.75) is 13.0 Å². The molecule has 0 fully saturated rings. The topological polar surface area (TPSA) is 67.0 Å². The molecule has 1 atom stereocenters. The molecule has 5 nitrogen and oxygen atoms in total. The highest BCUT2D eigenvalue weighted by molar-refractivity contribution is 6.04. The number of hydrogen-bond acceptors (Lipinski definition) is 3. The van der Waals surface area contributed by atoms with Crippen LogP contribution in [-0.2, 0) is 4.74 Å². The largest absolute Gasteiger partial charge is 0.383 e. The van der Waals surface area contributed by atoms with E-state index in [2.05, 4.69) is 15.5 Å². The summed E-state index contributed by atoms with van der Waals surface area (Å²) in [5.74, 6) is -0.188. The van der Waals surface area contributed by atoms with E-state index in [0.29, 0.717) is 12.3 Å². The third-order valence-corrected chi connectivity index (χ3v) is 2.48. The summed E-state index contributed by atoms with van der Waals surface area (Å²) in [5, 5.41) is 10.5. The van der Waals surface area contributed by atoms with Crippen molar-refractivity contribution in [3.05, 3.63) is 30.0 Å². The van der Waals surface area contributed by atoms with Gasteiger partial charge in [0.25, 0.3) is 5.91 Å². The Hall–Kier alpha value is -1.88. The lowest BCUT2D eigenvalue weighted by Gasteiger charge is -2.11. The van der Waals surface area contributed by atoms with E-state index in [1.807, 2.05) is 31.2 Å². The number of nitrogens with zero attached hydrogens (tertiary/aromatic N) is 1. The standard InChI is InChI=1S/C12H15N3O2/c1-8(7-17-2)13-12(16)11-9-5-3-4-6-10(9)14-15-11/h3-6,8H,7H2,1-2H3,(H,13,16)(H,14,15)/t8-/m1/s1. The van der Waals surface area contributed by atoms with Gasteiger partial charge in [-0.1, -0.05) is 18.2 Å². The average Bonchev–Trinajstić information content (AvgIpc) is 2.72. The van der Waals surface area contributed by atoms with Crippen molar-refractivity contribution >= 4 is 16.8 Å². The summed E-state index contributed by atoms with van der Waals surface area (Å²) in [5.41, 5.74) is 1.28. The van der Waals surface area contributed by atoms with Crippen LogP contribution in [0.25, 0.3) is 10.9 Å². The number of para-hydroxylation sites is 1. The molecule has 0 unspecified atom stereocenters. The molecule has 1 aromatic carbocycles. The van der Waals surface area contributed by atoms with Crippen LogP contribution in [0, 0.1) is 0 Å². The van der Waals surface area contributed by atoms with Crippen molar-refractivity contribution < 1.29 is 9.53 Å². The smallest absolute Gasteiger partial charge is 0.272 e. The number of aromatic nitrogens is 2. The highest BCUT2D eigenvalue weighted by Gasteiger charge is 2.15. The van der Waals surface area contributed by atoms with Crippen molar-refractivity contribution in [2.24, 2.45) is 0 Å². The number of carbonyl (C=O) groups is 1. The SMILES string of the molecule is COC[C@@H](C)NC(=O)c1n[nH]c2ccccc12. The molecule has 2 aromatic rings. The summed E-state index contributed by atoms with van der Waals surface area (Å²) < 4.78 is 4.97. The summed E-state index contributed by atoms with van der Waals surface area (Å²) in [4.78, 5) is 12.0. The summed E-state index contributed by atoms with van der Waals surface area (Å²) in [7, 11) is 1.60. The van der Waals surface area contributed by atoms with E-state index in [0.717, 1.165) is 10.9 Å². The summed E-state index contributed by atoms with van der Waals surface area (Å²) in [6, 6.07) is 7.50. The van der Waals surface area contributed by atoms with Crippen LogP contribution in [0.5, 0.6) is 0 Å². The van der Waals surface area contributed by atoms with Crippen molar-refractivity contribution in [2.75, 3.05) is 13.7 Å². The van der Waals surface area contributed by atoms with Crippen LogP contribution in [0.15, 0.2) is 24.3 Å². The predicted octanol–water partition coefficient (Wildman–Crippen LogP) is 1.33. The van der Waals surface area contributed by atoms with Crippen molar-refractivity contribution in [3.8, 4) is 0 Å². The van der Waals surface area contributed by atoms with Gasteiger partial charge in [0.1, 0.15) is 0 Å². The average molecular weight is 233 g/mol. The van der Waals surface area contributed by atoms with Gasteiger partial charge in [-0.15, -0.1) is 0 Å². The van der Waals surface area contributed by atoms with Crippen LogP contribution in [0.3, 0.4) is 0 Å². The lowest BCUT2D eigenvalue weighted by Crippen LogP contribution is -2.35. The first-order valence-electron chi connectivity index (χ1n) is 5.45. The van der Waals surface area contributed by atoms with Crippen molar-refractivity contribution in [3.63, 3.8) is 0 Å². The van der Waals surface area contributed by atoms with E-state index in [1.165, 1.54) is 0 Å². The third-order valence-electron chi connectivity index (χ3n) is 2.48. The van der Waals surface area contributed by atoms with Gasteiger partial charge < -0.3 is 10.1 Å². The van der Waals surface area contributed by atoms with E-state index in [1.54, 1.807) is 7.11 Å². The number of carbonyl (C=O) groups excluding carboxylic acids is 1. The molecule has 0 aliphatic heterocycles. The number of rotatable bonds is 4. The van der Waals surface area contributed by atoms with Crippen LogP contribution in [-0.4, -0.2) is 35.9 Å². The van der Waals surface area contributed by atoms with Crippen LogP contribution in [0.2, 0.25) is 0 Å². The van der Waals surface area contributed by atoms with Gasteiger partial charge >= 0.3 is 0 Å². The van der Waals surface area contributed by atoms with E-state index >= 15 is 0 Å². The molecule has 0 aliphatic rings. The second-order valence-electron chi connectivity index (χ2n) is 3.95. The van der Waals surface area contributed by atoms with E-state index in [4.69, 9.17) is 4.74 Å². The molecule has 0 spiro atoms. The molecule has 0 bridgehead atoms. The second-order valence-corrected chi connectivity index (χ2v) is 3.95. The molecule has 1 heterocycles. The van der Waals surface area contributed by atoms with E-state index in [-0.39, 0.29) is 11.9 Å². The summed E-state index contributed by atoms with van der Waals surface area (Å²) in [6.45, 7) is 2.37. The number of hydrogen-bond donors (Lipinski definition) is 2. The summed E-state index contributed by atoms with van der Waals surface area (Å²) >= 11 is 0. The molecule has 0 saturated carbocycles. The van der Waals surface area contributed by atoms with Gasteiger partial charge in [0.05, 0.1) is 12.1 Å². The Morgan fingerprint density at radius 2 is 2.29 bits per heavy atom. The number of ether oxygens (including phenoxy) is 1. The van der Waals surface area contributed by atoms with Gasteiger partial charge in [-0.3, -0.25) is 9.89 Å². The van der Waals surface area contributed by atoms with Gasteiger partial charge in [0.2, 0.25) is 0 Å². The summed E-state index contributed by atoms with van der Waals surface area (Å²) in [6.07, 6.45) is 0. The minimum atomic E-state index is -0.188. The van der Waals surface area contributed by atoms with Crippen molar-refractivity contribution in [1.29, 1.82) is 0 Å². The highest BCUT2D eigenvalue weighted by atomic mass is 16.5. The molecular weight excluding hydrogens is 218 g/mol. The predicted molar refractivity (Wildman–Crippen MR) is 64.9 cm³/mol. The molecule has 0 saturated heterocycles. The van der Waals surface area contributed by atoms with Crippen molar-refractivity contribution in [1.82, 2.24) is 15.5 Å². The molecule has 1 aromatic heterocycles. The lowest BCUT2D eigenvalue weighted by atomic mass is 10.2. The fourth-order valence-corrected chi connectivity index (χ4v) is 1.72. The number of amides is 1. The van der Waals surface area contributed by atoms with Crippen LogP contribution < -0.4 is 5.32 Å². The molecule has 1 amide bonds. The van der Waals surface area contributed by atoms with Crippen LogP contribution in [0.4, 0.5) is 0 Å². The molecule has 0 aliphatic carbocycles. The quantitative estimate of drug-likeness (QED) is 0.837. The lowest BCUT2D eigenvalue weighted by molar-refractivity contribution is 0.0902. The monoisotopic (exact) mass is 233 g/mol. The Labute approximate surface area is 99.2 Å². The van der Waals surface area contributed by atoms with Gasteiger partial charge in [0.15, 0.2) is 5.69 Å². The van der Waals surface area contributed by atoms with Crippen LogP contribution >= 0.6 is 0 Å². The van der Waals surface area contributed by atoms with Gasteiger partial charge in [0, 0.05) is 18.5 Å². The van der Waals surface area contributed by atoms with E-state index < -0.39 is 0 Å². The number of fused-ring (bicyclic) bond motifs is 1. The number of benzene rings is 1. The van der Waals surface area contributed by atoms with Gasteiger partial charge in [-0.25, -0.2) is 0 Å². The molecular formula is C12H15N3O2. The first kappa shape index (κ1) is 11.6. The zero-order valence-corrected chi connectivity index (χ0v) is 9.86. The molecule has 2 N–H and O–H groups in total. The third kappa shape index (κ3) is 2.45. The van der Waals surface area contributed by atoms with E-state index in [9.17, 15) is 4.79 Å². The molecule has 17 heavy (non-hydrogen) atoms. The first-order chi connectivity index (χ1) is 8.22. The molecule has 0 radical (unpaired) electrons. The Bertz CT molecular complexity index is 521. The zero-order valence-electron chi connectivity index (χ0n) is 9.86. The second kappa shape index (κ2) is 4.97. The van der Waals surface area contributed by atoms with Gasteiger partial charge in [-0.05, 0) is 13.0 Å². The maximum Gasteiger partial charge on any atom is 0.272 e. The highest BCUT2D eigenvalue weighted by Crippen LogP contribution is 2.14. The molecule has 90 valence electrons. The fourth-order valence-electron chi connectivity index (χ4n) is 1.72. The maximum atomic E-state index is 12.0. The maximum absolute atomic E-state index is 12.0. The molecule has 5 heteroatoms. The normalized spacial score (nSPS) is 12.6. The van der Waals surface area contributed by atoms with Gasteiger partial charge in [-0.2, -0.15) is 5.10 Å².